The van der Waals surface area contributed by atoms with E-state index in [-0.39, 0.29) is 16.9 Å². The smallest absolute Gasteiger partial charge is 0.0738 e. The third-order valence-corrected chi connectivity index (χ3v) is 6.69. The lowest BCUT2D eigenvalue weighted by Crippen LogP contribution is -2.83. The average Bonchev–Trinajstić information content (AvgIpc) is 2.82. The van der Waals surface area contributed by atoms with Crippen LogP contribution in [0.5, 0.6) is 0 Å². The van der Waals surface area contributed by atoms with E-state index in [0.717, 1.165) is 26.2 Å². The third-order valence-electron chi connectivity index (χ3n) is 6.69. The van der Waals surface area contributed by atoms with Crippen molar-refractivity contribution in [1.82, 2.24) is 9.80 Å². The molecule has 4 heterocycles. The predicted octanol–water partition coefficient (Wildman–Crippen LogP) is 2.06. The van der Waals surface area contributed by atoms with Crippen molar-refractivity contribution in [1.29, 1.82) is 0 Å². The minimum absolute atomic E-state index is 0.0915. The van der Waals surface area contributed by atoms with Crippen LogP contribution < -0.4 is 0 Å². The Morgan fingerprint density at radius 1 is 1.05 bits per heavy atom. The van der Waals surface area contributed by atoms with Gasteiger partial charge in [0.25, 0.3) is 0 Å². The summed E-state index contributed by atoms with van der Waals surface area (Å²) in [6.07, 6.45) is 7.81. The van der Waals surface area contributed by atoms with Gasteiger partial charge >= 0.3 is 0 Å². The Bertz CT molecular complexity index is 370. The number of hydrogen-bond donors (Lipinski definition) is 1. The highest BCUT2D eigenvalue weighted by atomic mass is 16.3. The van der Waals surface area contributed by atoms with E-state index in [1.54, 1.807) is 0 Å². The molecule has 1 saturated carbocycles. The normalized spacial score (nSPS) is 54.2. The molecule has 1 aliphatic carbocycles. The summed E-state index contributed by atoms with van der Waals surface area (Å²) in [7, 11) is 0. The third kappa shape index (κ3) is 1.39. The number of hydrogen-bond acceptors (Lipinski definition) is 3. The van der Waals surface area contributed by atoms with E-state index in [0.29, 0.717) is 5.66 Å². The van der Waals surface area contributed by atoms with E-state index in [2.05, 4.69) is 23.6 Å². The first-order valence-electron chi connectivity index (χ1n) is 8.23. The van der Waals surface area contributed by atoms with Crippen LogP contribution in [-0.4, -0.2) is 52.9 Å². The highest BCUT2D eigenvalue weighted by Crippen LogP contribution is 2.58. The van der Waals surface area contributed by atoms with E-state index >= 15 is 0 Å². The summed E-state index contributed by atoms with van der Waals surface area (Å²) < 4.78 is 0. The fourth-order valence-corrected chi connectivity index (χ4v) is 6.08. The highest BCUT2D eigenvalue weighted by molar-refractivity contribution is 5.18. The van der Waals surface area contributed by atoms with Crippen LogP contribution in [0.4, 0.5) is 0 Å². The van der Waals surface area contributed by atoms with Gasteiger partial charge in [0, 0.05) is 37.0 Å². The van der Waals surface area contributed by atoms with Crippen LogP contribution in [0.3, 0.4) is 0 Å². The van der Waals surface area contributed by atoms with Crippen molar-refractivity contribution in [2.45, 2.75) is 64.1 Å². The second kappa shape index (κ2) is 3.75. The molecule has 0 aromatic rings. The molecule has 19 heavy (non-hydrogen) atoms. The molecule has 0 aromatic heterocycles. The van der Waals surface area contributed by atoms with Crippen molar-refractivity contribution in [3.63, 3.8) is 0 Å². The average molecular weight is 264 g/mol. The molecule has 0 aromatic carbocycles. The Kier molecular flexibility index (Phi) is 2.49. The van der Waals surface area contributed by atoms with E-state index < -0.39 is 0 Å². The lowest BCUT2D eigenvalue weighted by molar-refractivity contribution is -0.292. The summed E-state index contributed by atoms with van der Waals surface area (Å²) in [5, 5.41) is 10.9. The van der Waals surface area contributed by atoms with Gasteiger partial charge in [-0.05, 0) is 19.3 Å². The number of nitrogens with zero attached hydrogens (tertiary/aromatic N) is 2. The first-order chi connectivity index (χ1) is 9.05. The Hall–Kier alpha value is -0.120. The Morgan fingerprint density at radius 2 is 1.63 bits per heavy atom. The largest absolute Gasteiger partial charge is 0.392 e. The molecule has 1 spiro atoms. The Balaban J connectivity index is 1.74. The van der Waals surface area contributed by atoms with Crippen LogP contribution in [0.1, 0.15) is 52.4 Å². The van der Waals surface area contributed by atoms with Gasteiger partial charge in [-0.3, -0.25) is 9.80 Å². The molecule has 5 aliphatic rings. The minimum Gasteiger partial charge on any atom is -0.392 e. The molecule has 0 amide bonds. The summed E-state index contributed by atoms with van der Waals surface area (Å²) in [5.41, 5.74) is 0.657. The first-order valence-corrected chi connectivity index (χ1v) is 8.23. The number of rotatable bonds is 2. The molecule has 3 unspecified atom stereocenters. The van der Waals surface area contributed by atoms with Crippen LogP contribution in [0.15, 0.2) is 0 Å². The van der Waals surface area contributed by atoms with Crippen molar-refractivity contribution in [3.8, 4) is 0 Å². The van der Waals surface area contributed by atoms with Crippen LogP contribution in [0.2, 0.25) is 0 Å². The maximum Gasteiger partial charge on any atom is 0.0738 e. The number of aliphatic hydroxyl groups is 1. The van der Waals surface area contributed by atoms with E-state index in [1.165, 1.54) is 38.5 Å². The van der Waals surface area contributed by atoms with Gasteiger partial charge in [-0.2, -0.15) is 0 Å². The van der Waals surface area contributed by atoms with Gasteiger partial charge in [0.2, 0.25) is 0 Å². The molecular formula is C16H28N2O. The number of piperidine rings is 2. The molecule has 5 fully saturated rings. The van der Waals surface area contributed by atoms with E-state index in [9.17, 15) is 5.11 Å². The monoisotopic (exact) mass is 264 g/mol. The number of aliphatic hydroxyl groups excluding tert-OH is 1. The molecule has 3 heteroatoms. The Labute approximate surface area is 117 Å². The molecule has 3 nitrogen and oxygen atoms in total. The maximum absolute atomic E-state index is 10.9. The fourth-order valence-electron chi connectivity index (χ4n) is 6.08. The SMILES string of the molecule is CCCC12CN3CC(C)(CN(C1)C31CCCC1)C2O. The minimum atomic E-state index is -0.0915. The van der Waals surface area contributed by atoms with E-state index in [1.807, 2.05) is 0 Å². The second-order valence-corrected chi connectivity index (χ2v) is 8.07. The summed E-state index contributed by atoms with van der Waals surface area (Å²) in [6.45, 7) is 9.13. The lowest BCUT2D eigenvalue weighted by atomic mass is 9.57. The molecule has 5 rings (SSSR count). The van der Waals surface area contributed by atoms with Gasteiger partial charge in [-0.25, -0.2) is 0 Å². The summed E-state index contributed by atoms with van der Waals surface area (Å²) in [5.74, 6) is 0. The zero-order chi connectivity index (χ0) is 13.3. The quantitative estimate of drug-likeness (QED) is 0.827. The molecule has 108 valence electrons. The topological polar surface area (TPSA) is 26.7 Å². The highest BCUT2D eigenvalue weighted by Gasteiger charge is 2.67. The zero-order valence-electron chi connectivity index (χ0n) is 12.5. The van der Waals surface area contributed by atoms with Gasteiger partial charge in [-0.15, -0.1) is 0 Å². The van der Waals surface area contributed by atoms with Crippen LogP contribution in [-0.2, 0) is 0 Å². The fraction of sp³-hybridized carbons (Fsp3) is 1.00. The van der Waals surface area contributed by atoms with Crippen LogP contribution >= 0.6 is 0 Å². The van der Waals surface area contributed by atoms with Gasteiger partial charge in [0.05, 0.1) is 11.8 Å². The molecule has 1 N–H and O–H groups in total. The van der Waals surface area contributed by atoms with Gasteiger partial charge in [0.15, 0.2) is 0 Å². The van der Waals surface area contributed by atoms with Gasteiger partial charge in [-0.1, -0.05) is 33.1 Å². The Morgan fingerprint density at radius 3 is 2.16 bits per heavy atom. The molecule has 3 atom stereocenters. The standard InChI is InChI=1S/C16H28N2O/c1-3-6-15-11-17-9-14(2,13(15)19)10-18(12-15)16(17)7-4-5-8-16/h13,19H,3-12H2,1-2H3. The van der Waals surface area contributed by atoms with Crippen molar-refractivity contribution >= 4 is 0 Å². The maximum atomic E-state index is 10.9. The lowest BCUT2D eigenvalue weighted by Gasteiger charge is -2.73. The van der Waals surface area contributed by atoms with Crippen molar-refractivity contribution in [3.05, 3.63) is 0 Å². The van der Waals surface area contributed by atoms with E-state index in [4.69, 9.17) is 0 Å². The summed E-state index contributed by atoms with van der Waals surface area (Å²) >= 11 is 0. The van der Waals surface area contributed by atoms with Gasteiger partial charge in [0.1, 0.15) is 0 Å². The van der Waals surface area contributed by atoms with Crippen LogP contribution in [0, 0.1) is 10.8 Å². The van der Waals surface area contributed by atoms with Crippen LogP contribution in [0.25, 0.3) is 0 Å². The van der Waals surface area contributed by atoms with Crippen molar-refractivity contribution < 1.29 is 5.11 Å². The summed E-state index contributed by atoms with van der Waals surface area (Å²) in [4.78, 5) is 5.55. The molecule has 4 aliphatic heterocycles. The first kappa shape index (κ1) is 12.6. The molecule has 0 radical (unpaired) electrons. The van der Waals surface area contributed by atoms with Gasteiger partial charge < -0.3 is 5.11 Å². The predicted molar refractivity (Wildman–Crippen MR) is 75.8 cm³/mol. The summed E-state index contributed by atoms with van der Waals surface area (Å²) in [6, 6.07) is 0. The molecular weight excluding hydrogens is 236 g/mol. The van der Waals surface area contributed by atoms with Crippen molar-refractivity contribution in [2.75, 3.05) is 26.2 Å². The molecule has 4 saturated heterocycles. The second-order valence-electron chi connectivity index (χ2n) is 8.07. The molecule has 4 bridgehead atoms. The zero-order valence-corrected chi connectivity index (χ0v) is 12.5. The van der Waals surface area contributed by atoms with Crippen molar-refractivity contribution in [2.24, 2.45) is 10.8 Å².